The third kappa shape index (κ3) is 2.82. The Labute approximate surface area is 128 Å². The van der Waals surface area contributed by atoms with Gasteiger partial charge in [-0.05, 0) is 17.0 Å². The number of fused-ring (bicyclic) bond motifs is 1. The van der Waals surface area contributed by atoms with Gasteiger partial charge in [0.05, 0.1) is 12.5 Å². The molecule has 0 bridgehead atoms. The standard InChI is InChI=1S/C16H20N4O2/c1-17-14(21)9-13-16(22)19-7-8-20(13)10-12-4-2-3-11-5-6-18-15(11)12/h2-6,13,18H,7-10H2,1H3,(H,17,21)(H,19,22)/t13-/m1/s1. The maximum absolute atomic E-state index is 12.1. The maximum Gasteiger partial charge on any atom is 0.237 e. The predicted molar refractivity (Wildman–Crippen MR) is 84.2 cm³/mol. The number of hydrogen-bond donors (Lipinski definition) is 3. The van der Waals surface area contributed by atoms with Gasteiger partial charge in [-0.15, -0.1) is 0 Å². The summed E-state index contributed by atoms with van der Waals surface area (Å²) in [5.41, 5.74) is 2.23. The average Bonchev–Trinajstić information content (AvgIpc) is 3.00. The van der Waals surface area contributed by atoms with Crippen molar-refractivity contribution in [3.63, 3.8) is 0 Å². The molecule has 1 atom stereocenters. The van der Waals surface area contributed by atoms with Crippen molar-refractivity contribution < 1.29 is 9.59 Å². The zero-order valence-electron chi connectivity index (χ0n) is 12.6. The van der Waals surface area contributed by atoms with E-state index in [1.165, 1.54) is 0 Å². The van der Waals surface area contributed by atoms with Crippen LogP contribution in [0.2, 0.25) is 0 Å². The van der Waals surface area contributed by atoms with E-state index in [-0.39, 0.29) is 18.2 Å². The molecule has 6 nitrogen and oxygen atoms in total. The molecule has 1 fully saturated rings. The van der Waals surface area contributed by atoms with Crippen LogP contribution in [-0.2, 0) is 16.1 Å². The molecule has 22 heavy (non-hydrogen) atoms. The maximum atomic E-state index is 12.1. The lowest BCUT2D eigenvalue weighted by atomic mass is 10.1. The van der Waals surface area contributed by atoms with Crippen molar-refractivity contribution in [3.8, 4) is 0 Å². The molecular formula is C16H20N4O2. The zero-order valence-corrected chi connectivity index (χ0v) is 12.6. The minimum Gasteiger partial charge on any atom is -0.361 e. The molecule has 1 aromatic carbocycles. The minimum absolute atomic E-state index is 0.0755. The zero-order chi connectivity index (χ0) is 15.5. The number of nitrogens with zero attached hydrogens (tertiary/aromatic N) is 1. The molecule has 1 saturated heterocycles. The SMILES string of the molecule is CNC(=O)C[C@@H]1C(=O)NCCN1Cc1cccc2cc[nH]c12. The molecular weight excluding hydrogens is 280 g/mol. The van der Waals surface area contributed by atoms with Crippen LogP contribution in [0.15, 0.2) is 30.5 Å². The van der Waals surface area contributed by atoms with E-state index in [0.717, 1.165) is 23.0 Å². The third-order valence-corrected chi connectivity index (χ3v) is 4.15. The van der Waals surface area contributed by atoms with Gasteiger partial charge in [0.25, 0.3) is 0 Å². The number of rotatable bonds is 4. The van der Waals surface area contributed by atoms with Gasteiger partial charge in [-0.25, -0.2) is 0 Å². The number of hydrogen-bond acceptors (Lipinski definition) is 3. The summed E-state index contributed by atoms with van der Waals surface area (Å²) in [6.45, 7) is 2.00. The molecule has 1 aliphatic rings. The molecule has 6 heteroatoms. The molecule has 2 heterocycles. The molecule has 0 aliphatic carbocycles. The Hall–Kier alpha value is -2.34. The lowest BCUT2D eigenvalue weighted by Gasteiger charge is -2.34. The van der Waals surface area contributed by atoms with Crippen LogP contribution in [0.4, 0.5) is 0 Å². The van der Waals surface area contributed by atoms with Crippen LogP contribution in [0, 0.1) is 0 Å². The highest BCUT2D eigenvalue weighted by Gasteiger charge is 2.31. The third-order valence-electron chi connectivity index (χ3n) is 4.15. The van der Waals surface area contributed by atoms with Gasteiger partial charge in [-0.3, -0.25) is 14.5 Å². The van der Waals surface area contributed by atoms with Gasteiger partial charge in [0.15, 0.2) is 0 Å². The summed E-state index contributed by atoms with van der Waals surface area (Å²) in [5.74, 6) is -0.196. The van der Waals surface area contributed by atoms with Gasteiger partial charge in [-0.2, -0.15) is 0 Å². The number of nitrogens with one attached hydrogen (secondary N) is 3. The molecule has 1 aromatic heterocycles. The van der Waals surface area contributed by atoms with Crippen molar-refractivity contribution in [3.05, 3.63) is 36.0 Å². The number of amides is 2. The van der Waals surface area contributed by atoms with Gasteiger partial charge in [0.1, 0.15) is 0 Å². The average molecular weight is 300 g/mol. The van der Waals surface area contributed by atoms with Gasteiger partial charge < -0.3 is 15.6 Å². The number of aromatic amines is 1. The second kappa shape index (κ2) is 6.19. The summed E-state index contributed by atoms with van der Waals surface area (Å²) in [6.07, 6.45) is 2.10. The van der Waals surface area contributed by atoms with Crippen LogP contribution in [0.1, 0.15) is 12.0 Å². The first-order chi connectivity index (χ1) is 10.7. The molecule has 0 unspecified atom stereocenters. The van der Waals surface area contributed by atoms with E-state index in [4.69, 9.17) is 0 Å². The van der Waals surface area contributed by atoms with Gasteiger partial charge in [0.2, 0.25) is 11.8 Å². The van der Waals surface area contributed by atoms with Crippen LogP contribution in [0.3, 0.4) is 0 Å². The summed E-state index contributed by atoms with van der Waals surface area (Å²) < 4.78 is 0. The quantitative estimate of drug-likeness (QED) is 0.774. The van der Waals surface area contributed by atoms with E-state index in [1.54, 1.807) is 7.05 Å². The van der Waals surface area contributed by atoms with Crippen molar-refractivity contribution >= 4 is 22.7 Å². The summed E-state index contributed by atoms with van der Waals surface area (Å²) in [4.78, 5) is 29.1. The highest BCUT2D eigenvalue weighted by molar-refractivity contribution is 5.89. The molecule has 3 rings (SSSR count). The molecule has 0 saturated carbocycles. The van der Waals surface area contributed by atoms with Crippen molar-refractivity contribution in [2.24, 2.45) is 0 Å². The van der Waals surface area contributed by atoms with Crippen LogP contribution < -0.4 is 10.6 Å². The van der Waals surface area contributed by atoms with E-state index in [0.29, 0.717) is 13.1 Å². The molecule has 2 aromatic rings. The summed E-state index contributed by atoms with van der Waals surface area (Å²) >= 11 is 0. The number of carbonyl (C=O) groups is 2. The first-order valence-electron chi connectivity index (χ1n) is 7.46. The normalized spacial score (nSPS) is 19.1. The monoisotopic (exact) mass is 300 g/mol. The first kappa shape index (κ1) is 14.6. The Morgan fingerprint density at radius 3 is 3.09 bits per heavy atom. The van der Waals surface area contributed by atoms with E-state index < -0.39 is 6.04 Å². The van der Waals surface area contributed by atoms with E-state index in [2.05, 4.69) is 32.7 Å². The molecule has 0 spiro atoms. The summed E-state index contributed by atoms with van der Waals surface area (Å²) in [7, 11) is 1.59. The Kier molecular flexibility index (Phi) is 4.11. The highest BCUT2D eigenvalue weighted by atomic mass is 16.2. The molecule has 1 aliphatic heterocycles. The number of H-pyrrole nitrogens is 1. The fraction of sp³-hybridized carbons (Fsp3) is 0.375. The Morgan fingerprint density at radius 2 is 2.27 bits per heavy atom. The molecule has 3 N–H and O–H groups in total. The van der Waals surface area contributed by atoms with Crippen molar-refractivity contribution in [2.75, 3.05) is 20.1 Å². The minimum atomic E-state index is -0.418. The van der Waals surface area contributed by atoms with Crippen molar-refractivity contribution in [2.45, 2.75) is 19.0 Å². The van der Waals surface area contributed by atoms with Gasteiger partial charge >= 0.3 is 0 Å². The summed E-state index contributed by atoms with van der Waals surface area (Å²) in [5, 5.41) is 6.59. The smallest absolute Gasteiger partial charge is 0.237 e. The lowest BCUT2D eigenvalue weighted by Crippen LogP contribution is -2.56. The fourth-order valence-electron chi connectivity index (χ4n) is 2.95. The predicted octanol–water partition coefficient (Wildman–Crippen LogP) is 0.604. The topological polar surface area (TPSA) is 77.2 Å². The second-order valence-electron chi connectivity index (χ2n) is 5.51. The fourth-order valence-corrected chi connectivity index (χ4v) is 2.95. The van der Waals surface area contributed by atoms with Crippen LogP contribution in [0.5, 0.6) is 0 Å². The number of aromatic nitrogens is 1. The summed E-state index contributed by atoms with van der Waals surface area (Å²) in [6, 6.07) is 7.74. The number of piperazine rings is 1. The molecule has 116 valence electrons. The largest absolute Gasteiger partial charge is 0.361 e. The van der Waals surface area contributed by atoms with E-state index in [9.17, 15) is 9.59 Å². The number of benzene rings is 1. The first-order valence-corrected chi connectivity index (χ1v) is 7.46. The lowest BCUT2D eigenvalue weighted by molar-refractivity contribution is -0.134. The number of carbonyl (C=O) groups excluding carboxylic acids is 2. The molecule has 0 radical (unpaired) electrons. The van der Waals surface area contributed by atoms with E-state index in [1.807, 2.05) is 18.3 Å². The highest BCUT2D eigenvalue weighted by Crippen LogP contribution is 2.21. The van der Waals surface area contributed by atoms with Crippen molar-refractivity contribution in [1.29, 1.82) is 0 Å². The van der Waals surface area contributed by atoms with Crippen molar-refractivity contribution in [1.82, 2.24) is 20.5 Å². The van der Waals surface area contributed by atoms with Gasteiger partial charge in [0, 0.05) is 38.4 Å². The Balaban J connectivity index is 1.83. The van der Waals surface area contributed by atoms with Crippen LogP contribution in [0.25, 0.3) is 10.9 Å². The molecule has 2 amide bonds. The van der Waals surface area contributed by atoms with Crippen LogP contribution >= 0.6 is 0 Å². The Morgan fingerprint density at radius 1 is 1.41 bits per heavy atom. The van der Waals surface area contributed by atoms with Gasteiger partial charge in [-0.1, -0.05) is 18.2 Å². The van der Waals surface area contributed by atoms with E-state index >= 15 is 0 Å². The Bertz CT molecular complexity index is 694. The van der Waals surface area contributed by atoms with Crippen LogP contribution in [-0.4, -0.2) is 47.9 Å². The number of para-hydroxylation sites is 1. The second-order valence-corrected chi connectivity index (χ2v) is 5.51.